The standard InChI is InChI=1S/C19H30N2S/c1-15(2)21-13-7-6-10-18(21)16-11-12-19(20-14-16)22-17-8-4-3-5-9-17/h11-12,14-15,17-18H,3-10,13H2,1-2H3/t18-/m1/s1. The summed E-state index contributed by atoms with van der Waals surface area (Å²) in [5, 5.41) is 2.02. The normalized spacial score (nSPS) is 24.8. The van der Waals surface area contributed by atoms with Gasteiger partial charge in [-0.1, -0.05) is 31.7 Å². The number of aromatic nitrogens is 1. The predicted molar refractivity (Wildman–Crippen MR) is 95.4 cm³/mol. The number of pyridine rings is 1. The van der Waals surface area contributed by atoms with Crippen molar-refractivity contribution in [3.8, 4) is 0 Å². The van der Waals surface area contributed by atoms with Gasteiger partial charge >= 0.3 is 0 Å². The van der Waals surface area contributed by atoms with E-state index in [0.29, 0.717) is 12.1 Å². The van der Waals surface area contributed by atoms with E-state index in [2.05, 4.69) is 37.1 Å². The number of nitrogens with zero attached hydrogens (tertiary/aromatic N) is 2. The van der Waals surface area contributed by atoms with E-state index in [9.17, 15) is 0 Å². The monoisotopic (exact) mass is 318 g/mol. The Balaban J connectivity index is 1.64. The summed E-state index contributed by atoms with van der Waals surface area (Å²) in [7, 11) is 0. The highest BCUT2D eigenvalue weighted by atomic mass is 32.2. The average Bonchev–Trinajstić information content (AvgIpc) is 2.56. The summed E-state index contributed by atoms with van der Waals surface area (Å²) >= 11 is 2.00. The maximum Gasteiger partial charge on any atom is 0.0962 e. The largest absolute Gasteiger partial charge is 0.294 e. The molecule has 0 aromatic carbocycles. The summed E-state index contributed by atoms with van der Waals surface area (Å²) in [5.41, 5.74) is 1.42. The van der Waals surface area contributed by atoms with Crippen LogP contribution in [0.3, 0.4) is 0 Å². The molecule has 0 unspecified atom stereocenters. The first-order valence-corrected chi connectivity index (χ1v) is 10.0. The van der Waals surface area contributed by atoms with Gasteiger partial charge in [-0.3, -0.25) is 4.90 Å². The van der Waals surface area contributed by atoms with Gasteiger partial charge in [-0.05, 0) is 57.7 Å². The molecule has 2 heterocycles. The van der Waals surface area contributed by atoms with Crippen molar-refractivity contribution >= 4 is 11.8 Å². The molecule has 1 aromatic rings. The van der Waals surface area contributed by atoms with E-state index in [1.54, 1.807) is 0 Å². The quantitative estimate of drug-likeness (QED) is 0.735. The minimum absolute atomic E-state index is 0.579. The fourth-order valence-corrected chi connectivity index (χ4v) is 5.11. The number of thioether (sulfide) groups is 1. The second-order valence-corrected chi connectivity index (χ2v) is 8.47. The molecular formula is C19H30N2S. The van der Waals surface area contributed by atoms with Gasteiger partial charge in [0.05, 0.1) is 5.03 Å². The molecular weight excluding hydrogens is 288 g/mol. The SMILES string of the molecule is CC(C)N1CCCC[C@@H]1c1ccc(SC2CCCCC2)nc1. The van der Waals surface area contributed by atoms with Gasteiger partial charge in [-0.15, -0.1) is 11.8 Å². The Morgan fingerprint density at radius 1 is 1.05 bits per heavy atom. The summed E-state index contributed by atoms with van der Waals surface area (Å²) in [6, 6.07) is 5.81. The van der Waals surface area contributed by atoms with Gasteiger partial charge in [-0.25, -0.2) is 4.98 Å². The molecule has 1 atom stereocenters. The van der Waals surface area contributed by atoms with Crippen LogP contribution in [0, 0.1) is 0 Å². The van der Waals surface area contributed by atoms with Crippen molar-refractivity contribution in [2.45, 2.75) is 87.6 Å². The van der Waals surface area contributed by atoms with Gasteiger partial charge < -0.3 is 0 Å². The lowest BCUT2D eigenvalue weighted by Crippen LogP contribution is -2.38. The molecule has 2 aliphatic rings. The van der Waals surface area contributed by atoms with E-state index in [-0.39, 0.29) is 0 Å². The van der Waals surface area contributed by atoms with E-state index in [1.165, 1.54) is 68.5 Å². The fraction of sp³-hybridized carbons (Fsp3) is 0.737. The van der Waals surface area contributed by atoms with Gasteiger partial charge in [0.15, 0.2) is 0 Å². The zero-order valence-corrected chi connectivity index (χ0v) is 14.9. The molecule has 1 aliphatic heterocycles. The Morgan fingerprint density at radius 2 is 1.82 bits per heavy atom. The molecule has 1 saturated heterocycles. The third kappa shape index (κ3) is 4.05. The van der Waals surface area contributed by atoms with Crippen LogP contribution >= 0.6 is 11.8 Å². The number of rotatable bonds is 4. The minimum atomic E-state index is 0.579. The summed E-state index contributed by atoms with van der Waals surface area (Å²) < 4.78 is 0. The van der Waals surface area contributed by atoms with E-state index in [1.807, 2.05) is 11.8 Å². The Bertz CT molecular complexity index is 451. The van der Waals surface area contributed by atoms with Crippen molar-refractivity contribution in [1.29, 1.82) is 0 Å². The Hall–Kier alpha value is -0.540. The molecule has 3 rings (SSSR count). The van der Waals surface area contributed by atoms with Gasteiger partial charge in [-0.2, -0.15) is 0 Å². The lowest BCUT2D eigenvalue weighted by Gasteiger charge is -2.38. The Kier molecular flexibility index (Phi) is 5.81. The molecule has 2 nitrogen and oxygen atoms in total. The predicted octanol–water partition coefficient (Wildman–Crippen LogP) is 5.44. The minimum Gasteiger partial charge on any atom is -0.294 e. The molecule has 2 fully saturated rings. The maximum atomic E-state index is 4.78. The molecule has 1 aromatic heterocycles. The highest BCUT2D eigenvalue weighted by Gasteiger charge is 2.26. The first-order chi connectivity index (χ1) is 10.7. The van der Waals surface area contributed by atoms with Crippen LogP contribution in [0.2, 0.25) is 0 Å². The molecule has 3 heteroatoms. The third-order valence-electron chi connectivity index (χ3n) is 5.19. The number of hydrogen-bond donors (Lipinski definition) is 0. The number of hydrogen-bond acceptors (Lipinski definition) is 3. The van der Waals surface area contributed by atoms with Crippen molar-refractivity contribution in [3.63, 3.8) is 0 Å². The van der Waals surface area contributed by atoms with Crippen molar-refractivity contribution in [3.05, 3.63) is 23.9 Å². The van der Waals surface area contributed by atoms with Crippen LogP contribution in [0.4, 0.5) is 0 Å². The van der Waals surface area contributed by atoms with E-state index >= 15 is 0 Å². The lowest BCUT2D eigenvalue weighted by atomic mass is 9.95. The van der Waals surface area contributed by atoms with Crippen LogP contribution in [0.1, 0.15) is 76.8 Å². The summed E-state index contributed by atoms with van der Waals surface area (Å²) in [4.78, 5) is 7.43. The molecule has 1 aliphatic carbocycles. The molecule has 0 radical (unpaired) electrons. The van der Waals surface area contributed by atoms with Crippen LogP contribution in [-0.4, -0.2) is 27.7 Å². The van der Waals surface area contributed by atoms with E-state index in [0.717, 1.165) is 5.25 Å². The molecule has 0 amide bonds. The average molecular weight is 319 g/mol. The number of piperidine rings is 1. The van der Waals surface area contributed by atoms with Crippen LogP contribution in [0.5, 0.6) is 0 Å². The summed E-state index contributed by atoms with van der Waals surface area (Å²) in [6.07, 6.45) is 13.1. The third-order valence-corrected chi connectivity index (χ3v) is 6.48. The molecule has 122 valence electrons. The molecule has 0 bridgehead atoms. The van der Waals surface area contributed by atoms with Crippen molar-refractivity contribution in [2.24, 2.45) is 0 Å². The van der Waals surface area contributed by atoms with Crippen LogP contribution < -0.4 is 0 Å². The molecule has 1 saturated carbocycles. The van der Waals surface area contributed by atoms with Crippen molar-refractivity contribution < 1.29 is 0 Å². The maximum absolute atomic E-state index is 4.78. The highest BCUT2D eigenvalue weighted by Crippen LogP contribution is 2.35. The van der Waals surface area contributed by atoms with Gasteiger partial charge in [0.2, 0.25) is 0 Å². The molecule has 0 spiro atoms. The Morgan fingerprint density at radius 3 is 2.50 bits per heavy atom. The van der Waals surface area contributed by atoms with Crippen LogP contribution in [0.15, 0.2) is 23.4 Å². The van der Waals surface area contributed by atoms with Crippen molar-refractivity contribution in [1.82, 2.24) is 9.88 Å². The van der Waals surface area contributed by atoms with Crippen LogP contribution in [0.25, 0.3) is 0 Å². The van der Waals surface area contributed by atoms with Gasteiger partial charge in [0.25, 0.3) is 0 Å². The smallest absolute Gasteiger partial charge is 0.0962 e. The first kappa shape index (κ1) is 16.3. The summed E-state index contributed by atoms with van der Waals surface area (Å²) in [6.45, 7) is 5.87. The number of likely N-dealkylation sites (tertiary alicyclic amines) is 1. The van der Waals surface area contributed by atoms with E-state index < -0.39 is 0 Å². The van der Waals surface area contributed by atoms with E-state index in [4.69, 9.17) is 4.98 Å². The second-order valence-electron chi connectivity index (χ2n) is 7.15. The van der Waals surface area contributed by atoms with Gasteiger partial charge in [0, 0.05) is 23.5 Å². The molecule has 22 heavy (non-hydrogen) atoms. The molecule has 0 N–H and O–H groups in total. The Labute approximate surface area is 140 Å². The summed E-state index contributed by atoms with van der Waals surface area (Å²) in [5.74, 6) is 0. The second kappa shape index (κ2) is 7.83. The fourth-order valence-electron chi connectivity index (χ4n) is 3.94. The topological polar surface area (TPSA) is 16.1 Å². The highest BCUT2D eigenvalue weighted by molar-refractivity contribution is 7.99. The van der Waals surface area contributed by atoms with Gasteiger partial charge in [0.1, 0.15) is 0 Å². The lowest BCUT2D eigenvalue weighted by molar-refractivity contribution is 0.112. The first-order valence-electron chi connectivity index (χ1n) is 9.12. The van der Waals surface area contributed by atoms with Crippen LogP contribution in [-0.2, 0) is 0 Å². The zero-order valence-electron chi connectivity index (χ0n) is 14.1. The zero-order chi connectivity index (χ0) is 15.4. The van der Waals surface area contributed by atoms with Crippen molar-refractivity contribution in [2.75, 3.05) is 6.54 Å².